The minimum Gasteiger partial charge on any atom is -0.469 e. The van der Waals surface area contributed by atoms with Crippen molar-refractivity contribution >= 4 is 17.8 Å². The van der Waals surface area contributed by atoms with Gasteiger partial charge >= 0.3 is 11.9 Å². The zero-order valence-electron chi connectivity index (χ0n) is 12.7. The highest BCUT2D eigenvalue weighted by Gasteiger charge is 2.29. The van der Waals surface area contributed by atoms with Crippen molar-refractivity contribution in [3.05, 3.63) is 0 Å². The third kappa shape index (κ3) is 6.57. The number of carbonyl (C=O) groups is 3. The summed E-state index contributed by atoms with van der Waals surface area (Å²) in [7, 11) is 1.38. The number of hydrogen-bond donors (Lipinski definition) is 1. The number of likely N-dealkylation sites (tertiary alicyclic amines) is 1. The predicted octanol–water partition coefficient (Wildman–Crippen LogP) is -0.0592. The van der Waals surface area contributed by atoms with Crippen molar-refractivity contribution in [3.63, 3.8) is 0 Å². The molecule has 1 heterocycles. The van der Waals surface area contributed by atoms with Gasteiger partial charge in [0.2, 0.25) is 5.91 Å². The van der Waals surface area contributed by atoms with Crippen molar-refractivity contribution in [2.45, 2.75) is 26.2 Å². The van der Waals surface area contributed by atoms with Crippen LogP contribution in [0.5, 0.6) is 0 Å². The smallest absolute Gasteiger partial charge is 0.310 e. The summed E-state index contributed by atoms with van der Waals surface area (Å²) in [5.74, 6) is -0.685. The highest BCUT2D eigenvalue weighted by molar-refractivity contribution is 5.78. The molecule has 1 unspecified atom stereocenters. The summed E-state index contributed by atoms with van der Waals surface area (Å²) in [4.78, 5) is 36.2. The number of nitrogens with one attached hydrogen (secondary N) is 1. The molecule has 7 nitrogen and oxygen atoms in total. The number of rotatable bonds is 8. The molecule has 0 saturated carbocycles. The van der Waals surface area contributed by atoms with E-state index < -0.39 is 0 Å². The molecular weight excluding hydrogens is 276 g/mol. The van der Waals surface area contributed by atoms with Crippen LogP contribution in [0.15, 0.2) is 0 Å². The SMILES string of the molecule is CCOC(=O)CCCNC(=O)CN1CCC(C(=O)OC)C1. The number of ether oxygens (including phenoxy) is 2. The minimum absolute atomic E-state index is 0.0932. The molecule has 7 heteroatoms. The highest BCUT2D eigenvalue weighted by Crippen LogP contribution is 2.16. The van der Waals surface area contributed by atoms with Gasteiger partial charge in [0, 0.05) is 19.5 Å². The Hall–Kier alpha value is -1.63. The molecule has 1 atom stereocenters. The van der Waals surface area contributed by atoms with Crippen LogP contribution >= 0.6 is 0 Å². The second-order valence-corrected chi connectivity index (χ2v) is 5.00. The van der Waals surface area contributed by atoms with Gasteiger partial charge in [-0.15, -0.1) is 0 Å². The van der Waals surface area contributed by atoms with Crippen LogP contribution in [0.25, 0.3) is 0 Å². The van der Waals surface area contributed by atoms with Gasteiger partial charge in [0.1, 0.15) is 0 Å². The normalized spacial score (nSPS) is 18.3. The molecule has 0 aromatic rings. The zero-order valence-corrected chi connectivity index (χ0v) is 12.7. The second kappa shape index (κ2) is 9.33. The largest absolute Gasteiger partial charge is 0.469 e. The molecule has 0 aromatic carbocycles. The summed E-state index contributed by atoms with van der Waals surface area (Å²) >= 11 is 0. The van der Waals surface area contributed by atoms with Crippen molar-refractivity contribution < 1.29 is 23.9 Å². The molecule has 1 N–H and O–H groups in total. The average Bonchev–Trinajstić information content (AvgIpc) is 2.91. The number of methoxy groups -OCH3 is 1. The topological polar surface area (TPSA) is 84.9 Å². The van der Waals surface area contributed by atoms with E-state index in [1.165, 1.54) is 7.11 Å². The maximum absolute atomic E-state index is 11.7. The van der Waals surface area contributed by atoms with E-state index in [2.05, 4.69) is 5.32 Å². The van der Waals surface area contributed by atoms with E-state index in [4.69, 9.17) is 9.47 Å². The monoisotopic (exact) mass is 300 g/mol. The molecule has 0 spiro atoms. The third-order valence-electron chi connectivity index (χ3n) is 3.36. The van der Waals surface area contributed by atoms with E-state index in [-0.39, 0.29) is 30.3 Å². The first-order valence-electron chi connectivity index (χ1n) is 7.29. The Labute approximate surface area is 124 Å². The summed E-state index contributed by atoms with van der Waals surface area (Å²) in [6, 6.07) is 0. The van der Waals surface area contributed by atoms with Crippen LogP contribution < -0.4 is 5.32 Å². The number of carbonyl (C=O) groups excluding carboxylic acids is 3. The maximum atomic E-state index is 11.7. The van der Waals surface area contributed by atoms with Crippen LogP contribution in [-0.4, -0.2) is 62.6 Å². The van der Waals surface area contributed by atoms with E-state index in [1.54, 1.807) is 6.92 Å². The highest BCUT2D eigenvalue weighted by atomic mass is 16.5. The van der Waals surface area contributed by atoms with Gasteiger partial charge in [0.15, 0.2) is 0 Å². The summed E-state index contributed by atoms with van der Waals surface area (Å²) in [5, 5.41) is 2.76. The van der Waals surface area contributed by atoms with Crippen LogP contribution in [0.3, 0.4) is 0 Å². The number of nitrogens with zero attached hydrogens (tertiary/aromatic N) is 1. The average molecular weight is 300 g/mol. The molecule has 21 heavy (non-hydrogen) atoms. The molecule has 120 valence electrons. The molecule has 1 saturated heterocycles. The van der Waals surface area contributed by atoms with E-state index in [0.717, 1.165) is 13.0 Å². The number of hydrogen-bond acceptors (Lipinski definition) is 6. The molecule has 1 amide bonds. The lowest BCUT2D eigenvalue weighted by Gasteiger charge is -2.15. The van der Waals surface area contributed by atoms with Gasteiger partial charge in [-0.1, -0.05) is 0 Å². The third-order valence-corrected chi connectivity index (χ3v) is 3.36. The summed E-state index contributed by atoms with van der Waals surface area (Å²) in [6.45, 7) is 4.14. The Morgan fingerprint density at radius 3 is 2.76 bits per heavy atom. The molecule has 1 aliphatic heterocycles. The zero-order chi connectivity index (χ0) is 15.7. The van der Waals surface area contributed by atoms with Crippen LogP contribution in [0.1, 0.15) is 26.2 Å². The van der Waals surface area contributed by atoms with Crippen molar-refractivity contribution in [2.75, 3.05) is 39.9 Å². The van der Waals surface area contributed by atoms with E-state index in [0.29, 0.717) is 32.5 Å². The lowest BCUT2D eigenvalue weighted by atomic mass is 10.1. The van der Waals surface area contributed by atoms with Crippen LogP contribution in [0, 0.1) is 5.92 Å². The van der Waals surface area contributed by atoms with Gasteiger partial charge in [-0.3, -0.25) is 19.3 Å². The van der Waals surface area contributed by atoms with Crippen LogP contribution in [0.2, 0.25) is 0 Å². The first-order chi connectivity index (χ1) is 10.1. The van der Waals surface area contributed by atoms with E-state index >= 15 is 0 Å². The molecule has 1 fully saturated rings. The van der Waals surface area contributed by atoms with Gasteiger partial charge in [0.05, 0.1) is 26.2 Å². The molecule has 1 rings (SSSR count). The van der Waals surface area contributed by atoms with E-state index in [1.807, 2.05) is 4.90 Å². The Bertz CT molecular complexity index is 372. The Morgan fingerprint density at radius 2 is 2.10 bits per heavy atom. The van der Waals surface area contributed by atoms with Gasteiger partial charge < -0.3 is 14.8 Å². The molecule has 0 bridgehead atoms. The summed E-state index contributed by atoms with van der Waals surface area (Å²) in [5.41, 5.74) is 0. The Morgan fingerprint density at radius 1 is 1.33 bits per heavy atom. The first-order valence-corrected chi connectivity index (χ1v) is 7.29. The quantitative estimate of drug-likeness (QED) is 0.499. The molecule has 0 aromatic heterocycles. The van der Waals surface area contributed by atoms with Gasteiger partial charge in [-0.2, -0.15) is 0 Å². The van der Waals surface area contributed by atoms with Crippen LogP contribution in [-0.2, 0) is 23.9 Å². The summed E-state index contributed by atoms with van der Waals surface area (Å²) < 4.78 is 9.50. The Balaban J connectivity index is 2.12. The summed E-state index contributed by atoms with van der Waals surface area (Å²) in [6.07, 6.45) is 1.60. The number of amides is 1. The van der Waals surface area contributed by atoms with Crippen molar-refractivity contribution in [1.82, 2.24) is 10.2 Å². The second-order valence-electron chi connectivity index (χ2n) is 5.00. The lowest BCUT2D eigenvalue weighted by Crippen LogP contribution is -2.37. The molecular formula is C14H24N2O5. The standard InChI is InChI=1S/C14H24N2O5/c1-3-21-13(18)5-4-7-15-12(17)10-16-8-6-11(9-16)14(19)20-2/h11H,3-10H2,1-2H3,(H,15,17). The Kier molecular flexibility index (Phi) is 7.74. The van der Waals surface area contributed by atoms with E-state index in [9.17, 15) is 14.4 Å². The fraction of sp³-hybridized carbons (Fsp3) is 0.786. The van der Waals surface area contributed by atoms with Crippen molar-refractivity contribution in [2.24, 2.45) is 5.92 Å². The number of esters is 2. The minimum atomic E-state index is -0.243. The predicted molar refractivity (Wildman–Crippen MR) is 75.4 cm³/mol. The molecule has 0 radical (unpaired) electrons. The van der Waals surface area contributed by atoms with Crippen LogP contribution in [0.4, 0.5) is 0 Å². The fourth-order valence-corrected chi connectivity index (χ4v) is 2.29. The molecule has 0 aliphatic carbocycles. The lowest BCUT2D eigenvalue weighted by molar-refractivity contribution is -0.145. The van der Waals surface area contributed by atoms with Crippen molar-refractivity contribution in [3.8, 4) is 0 Å². The fourth-order valence-electron chi connectivity index (χ4n) is 2.29. The maximum Gasteiger partial charge on any atom is 0.310 e. The van der Waals surface area contributed by atoms with Gasteiger partial charge in [0.25, 0.3) is 0 Å². The first kappa shape index (κ1) is 17.4. The van der Waals surface area contributed by atoms with Gasteiger partial charge in [-0.25, -0.2) is 0 Å². The van der Waals surface area contributed by atoms with Crippen molar-refractivity contribution in [1.29, 1.82) is 0 Å². The molecule has 1 aliphatic rings. The van der Waals surface area contributed by atoms with Gasteiger partial charge in [-0.05, 0) is 26.3 Å².